The lowest BCUT2D eigenvalue weighted by Gasteiger charge is -2.11. The second kappa shape index (κ2) is 8.27. The zero-order valence-corrected chi connectivity index (χ0v) is 16.4. The van der Waals surface area contributed by atoms with Crippen LogP contribution >= 0.6 is 0 Å². The summed E-state index contributed by atoms with van der Waals surface area (Å²) in [5.74, 6) is 0.142. The van der Waals surface area contributed by atoms with Crippen molar-refractivity contribution in [2.24, 2.45) is 0 Å². The number of hydrogen-bond donors (Lipinski definition) is 1. The summed E-state index contributed by atoms with van der Waals surface area (Å²) in [5, 5.41) is 9.44. The van der Waals surface area contributed by atoms with Crippen LogP contribution in [0, 0.1) is 0 Å². The summed E-state index contributed by atoms with van der Waals surface area (Å²) < 4.78 is 2.23. The summed E-state index contributed by atoms with van der Waals surface area (Å²) in [6.07, 6.45) is 4.91. The topological polar surface area (TPSA) is 68.0 Å². The van der Waals surface area contributed by atoms with E-state index in [0.717, 1.165) is 52.9 Å². The molecule has 0 radical (unpaired) electrons. The Hall–Kier alpha value is -3.47. The Morgan fingerprint density at radius 3 is 2.59 bits per heavy atom. The number of aromatic nitrogens is 3. The van der Waals surface area contributed by atoms with Gasteiger partial charge in [0, 0.05) is 19.2 Å². The lowest BCUT2D eigenvalue weighted by molar-refractivity contribution is 0.0697. The number of aromatic carboxylic acids is 1. The molecule has 0 aliphatic carbocycles. The minimum Gasteiger partial charge on any atom is -0.478 e. The first-order valence-corrected chi connectivity index (χ1v) is 9.89. The average Bonchev–Trinajstić information content (AvgIpc) is 3.10. The fraction of sp³-hybridized carbons (Fsp3) is 0.208. The monoisotopic (exact) mass is 385 g/mol. The van der Waals surface area contributed by atoms with Crippen molar-refractivity contribution in [2.75, 3.05) is 0 Å². The predicted molar refractivity (Wildman–Crippen MR) is 114 cm³/mol. The molecule has 5 heteroatoms. The van der Waals surface area contributed by atoms with Gasteiger partial charge in [-0.2, -0.15) is 0 Å². The van der Waals surface area contributed by atoms with Gasteiger partial charge in [0.1, 0.15) is 5.82 Å². The van der Waals surface area contributed by atoms with Gasteiger partial charge in [-0.1, -0.05) is 55.8 Å². The summed E-state index contributed by atoms with van der Waals surface area (Å²) in [5.41, 5.74) is 4.91. The number of fused-ring (bicyclic) bond motifs is 1. The van der Waals surface area contributed by atoms with Crippen LogP contribution in [0.15, 0.2) is 66.9 Å². The second-order valence-electron chi connectivity index (χ2n) is 7.11. The normalized spacial score (nSPS) is 11.1. The molecule has 29 heavy (non-hydrogen) atoms. The van der Waals surface area contributed by atoms with E-state index in [1.54, 1.807) is 18.3 Å². The zero-order valence-electron chi connectivity index (χ0n) is 16.4. The molecule has 0 saturated heterocycles. The lowest BCUT2D eigenvalue weighted by Crippen LogP contribution is -2.05. The highest BCUT2D eigenvalue weighted by Crippen LogP contribution is 2.25. The molecule has 0 fully saturated rings. The van der Waals surface area contributed by atoms with Crippen LogP contribution in [0.3, 0.4) is 0 Å². The number of benzene rings is 2. The third-order valence-corrected chi connectivity index (χ3v) is 5.12. The van der Waals surface area contributed by atoms with Crippen LogP contribution in [0.2, 0.25) is 0 Å². The summed E-state index contributed by atoms with van der Waals surface area (Å²) in [6.45, 7) is 2.89. The second-order valence-corrected chi connectivity index (χ2v) is 7.11. The number of carboxylic acid groups (broad SMARTS) is 1. The smallest absolute Gasteiger partial charge is 0.336 e. The number of carboxylic acids is 1. The number of pyridine rings is 1. The summed E-state index contributed by atoms with van der Waals surface area (Å²) in [7, 11) is 0. The van der Waals surface area contributed by atoms with Gasteiger partial charge in [0.25, 0.3) is 0 Å². The molecule has 1 N–H and O–H groups in total. The first-order valence-electron chi connectivity index (χ1n) is 9.89. The fourth-order valence-corrected chi connectivity index (χ4v) is 3.60. The highest BCUT2D eigenvalue weighted by molar-refractivity contribution is 5.96. The van der Waals surface area contributed by atoms with E-state index in [4.69, 9.17) is 4.98 Å². The van der Waals surface area contributed by atoms with Crippen molar-refractivity contribution in [1.29, 1.82) is 0 Å². The van der Waals surface area contributed by atoms with E-state index in [-0.39, 0.29) is 0 Å². The number of imidazole rings is 1. The van der Waals surface area contributed by atoms with E-state index >= 15 is 0 Å². The minimum atomic E-state index is -0.914. The quantitative estimate of drug-likeness (QED) is 0.475. The van der Waals surface area contributed by atoms with Gasteiger partial charge in [-0.3, -0.25) is 0 Å². The number of hydrogen-bond acceptors (Lipinski definition) is 3. The summed E-state index contributed by atoms with van der Waals surface area (Å²) in [6, 6.07) is 19.2. The maximum atomic E-state index is 11.5. The molecule has 0 spiro atoms. The van der Waals surface area contributed by atoms with Crippen molar-refractivity contribution in [2.45, 2.75) is 32.7 Å². The van der Waals surface area contributed by atoms with Crippen molar-refractivity contribution in [3.05, 3.63) is 83.8 Å². The van der Waals surface area contributed by atoms with E-state index in [1.165, 1.54) is 0 Å². The first kappa shape index (κ1) is 18.9. The minimum absolute atomic E-state index is 0.314. The van der Waals surface area contributed by atoms with E-state index < -0.39 is 5.97 Å². The van der Waals surface area contributed by atoms with Crippen molar-refractivity contribution >= 4 is 17.1 Å². The van der Waals surface area contributed by atoms with Gasteiger partial charge in [-0.25, -0.2) is 14.8 Å². The number of unbranched alkanes of at least 4 members (excludes halogenated alkanes) is 1. The molecule has 2 aromatic heterocycles. The van der Waals surface area contributed by atoms with Gasteiger partial charge in [-0.05, 0) is 41.3 Å². The molecule has 0 aliphatic rings. The van der Waals surface area contributed by atoms with E-state index in [0.29, 0.717) is 12.1 Å². The maximum absolute atomic E-state index is 11.5. The fourth-order valence-electron chi connectivity index (χ4n) is 3.60. The summed E-state index contributed by atoms with van der Waals surface area (Å²) in [4.78, 5) is 20.6. The van der Waals surface area contributed by atoms with Crippen molar-refractivity contribution in [3.8, 4) is 11.1 Å². The van der Waals surface area contributed by atoms with E-state index in [2.05, 4.69) is 34.7 Å². The zero-order chi connectivity index (χ0) is 20.2. The Morgan fingerprint density at radius 2 is 1.83 bits per heavy atom. The molecule has 0 unspecified atom stereocenters. The van der Waals surface area contributed by atoms with Crippen molar-refractivity contribution in [3.63, 3.8) is 0 Å². The van der Waals surface area contributed by atoms with Crippen LogP contribution in [-0.2, 0) is 13.0 Å². The van der Waals surface area contributed by atoms with Gasteiger partial charge < -0.3 is 9.67 Å². The van der Waals surface area contributed by atoms with Gasteiger partial charge in [0.05, 0.1) is 11.1 Å². The third-order valence-electron chi connectivity index (χ3n) is 5.12. The molecule has 4 rings (SSSR count). The maximum Gasteiger partial charge on any atom is 0.336 e. The van der Waals surface area contributed by atoms with Crippen molar-refractivity contribution in [1.82, 2.24) is 14.5 Å². The van der Waals surface area contributed by atoms with E-state index in [9.17, 15) is 9.90 Å². The van der Waals surface area contributed by atoms with Crippen LogP contribution in [0.25, 0.3) is 22.3 Å². The molecule has 0 bridgehead atoms. The van der Waals surface area contributed by atoms with Gasteiger partial charge in [-0.15, -0.1) is 0 Å². The Bertz CT molecular complexity index is 1150. The SMILES string of the molecule is CCCCc1nc2ncccc2n1Cc1ccc(-c2ccccc2C(=O)O)cc1. The molecule has 146 valence electrons. The van der Waals surface area contributed by atoms with Gasteiger partial charge in [0.15, 0.2) is 5.65 Å². The number of carbonyl (C=O) groups is 1. The van der Waals surface area contributed by atoms with Crippen LogP contribution in [-0.4, -0.2) is 25.6 Å². The molecule has 0 saturated carbocycles. The lowest BCUT2D eigenvalue weighted by atomic mass is 9.99. The standard InChI is InChI=1S/C24H23N3O2/c1-2-3-10-22-26-23-21(9-6-15-25-23)27(22)16-17-11-13-18(14-12-17)19-7-4-5-8-20(19)24(28)29/h4-9,11-15H,2-3,10,16H2,1H3,(H,28,29). The van der Waals surface area contributed by atoms with Gasteiger partial charge >= 0.3 is 5.97 Å². The molecule has 2 aromatic carbocycles. The van der Waals surface area contributed by atoms with Crippen LogP contribution in [0.4, 0.5) is 0 Å². The average molecular weight is 385 g/mol. The molecule has 4 aromatic rings. The highest BCUT2D eigenvalue weighted by atomic mass is 16.4. The van der Waals surface area contributed by atoms with Crippen LogP contribution in [0.5, 0.6) is 0 Å². The first-order chi connectivity index (χ1) is 14.2. The molecule has 5 nitrogen and oxygen atoms in total. The summed E-state index contributed by atoms with van der Waals surface area (Å²) >= 11 is 0. The largest absolute Gasteiger partial charge is 0.478 e. The van der Waals surface area contributed by atoms with E-state index in [1.807, 2.05) is 30.3 Å². The number of aryl methyl sites for hydroxylation is 1. The van der Waals surface area contributed by atoms with Crippen LogP contribution < -0.4 is 0 Å². The molecular weight excluding hydrogens is 362 g/mol. The van der Waals surface area contributed by atoms with Crippen LogP contribution in [0.1, 0.15) is 41.5 Å². The Balaban J connectivity index is 1.66. The Morgan fingerprint density at radius 1 is 1.03 bits per heavy atom. The molecule has 2 heterocycles. The molecular formula is C24H23N3O2. The number of rotatable bonds is 7. The molecule has 0 atom stereocenters. The number of nitrogens with zero attached hydrogens (tertiary/aromatic N) is 3. The van der Waals surface area contributed by atoms with Crippen molar-refractivity contribution < 1.29 is 9.90 Å². The molecule has 0 amide bonds. The Labute approximate surface area is 169 Å². The Kier molecular flexibility index (Phi) is 5.38. The predicted octanol–water partition coefficient (Wildman–Crippen LogP) is 5.19. The molecule has 0 aliphatic heterocycles. The van der Waals surface area contributed by atoms with Gasteiger partial charge in [0.2, 0.25) is 0 Å². The third kappa shape index (κ3) is 3.90. The highest BCUT2D eigenvalue weighted by Gasteiger charge is 2.13.